The van der Waals surface area contributed by atoms with E-state index in [4.69, 9.17) is 11.6 Å². The molecule has 14 nitrogen and oxygen atoms in total. The van der Waals surface area contributed by atoms with Gasteiger partial charge in [-0.25, -0.2) is 20.6 Å². The molecule has 0 unspecified atom stereocenters. The standard InChI is InChI=1S/C27H28N10O4/c1-14-17-7-8-20(19(17)6-5-18(14)25(40)41)34-24(39)22-10-21(35-27-32-13-33-37(22)27)23(38)30-11-15-3-2-4-16(9-15)12-31-26(28)36-29/h2-6,9-10,13,20H,7-8,11-12,29H2,1H3,(H,30,38)(H,34,39)(H,40,41)(H3,28,31,36)/t20-/m0/s1. The minimum absolute atomic E-state index is 0.00645. The van der Waals surface area contributed by atoms with Gasteiger partial charge in [-0.05, 0) is 53.6 Å². The van der Waals surface area contributed by atoms with Gasteiger partial charge in [0.1, 0.15) is 17.7 Å². The predicted octanol–water partition coefficient (Wildman–Crippen LogP) is 0.756. The first-order valence-corrected chi connectivity index (χ1v) is 12.7. The molecule has 0 saturated heterocycles. The summed E-state index contributed by atoms with van der Waals surface area (Å²) < 4.78 is 1.27. The number of nitrogens with one attached hydrogen (secondary N) is 3. The molecule has 2 heterocycles. The number of nitrogens with zero attached hydrogens (tertiary/aromatic N) is 5. The van der Waals surface area contributed by atoms with E-state index < -0.39 is 17.8 Å². The highest BCUT2D eigenvalue weighted by molar-refractivity contribution is 5.98. The van der Waals surface area contributed by atoms with Gasteiger partial charge in [0.05, 0.1) is 18.2 Å². The number of aliphatic imine (C=N–C) groups is 1. The van der Waals surface area contributed by atoms with Crippen LogP contribution in [0, 0.1) is 6.92 Å². The molecule has 2 aromatic carbocycles. The average Bonchev–Trinajstić information content (AvgIpc) is 3.62. The number of benzene rings is 2. The van der Waals surface area contributed by atoms with Crippen molar-refractivity contribution in [3.05, 3.63) is 93.6 Å². The zero-order chi connectivity index (χ0) is 29.1. The summed E-state index contributed by atoms with van der Waals surface area (Å²) in [6.07, 6.45) is 2.51. The van der Waals surface area contributed by atoms with E-state index in [1.54, 1.807) is 19.1 Å². The van der Waals surface area contributed by atoms with Gasteiger partial charge in [0.15, 0.2) is 0 Å². The van der Waals surface area contributed by atoms with Gasteiger partial charge in [-0.1, -0.05) is 30.3 Å². The number of carbonyl (C=O) groups excluding carboxylic acids is 2. The molecule has 8 N–H and O–H groups in total. The maximum Gasteiger partial charge on any atom is 0.335 e. The molecule has 0 saturated carbocycles. The highest BCUT2D eigenvalue weighted by Crippen LogP contribution is 2.34. The fraction of sp³-hybridized carbons (Fsp3) is 0.222. The Morgan fingerprint density at radius 2 is 1.95 bits per heavy atom. The van der Waals surface area contributed by atoms with Gasteiger partial charge in [0, 0.05) is 12.6 Å². The van der Waals surface area contributed by atoms with Crippen molar-refractivity contribution in [2.45, 2.75) is 38.9 Å². The molecular weight excluding hydrogens is 528 g/mol. The summed E-state index contributed by atoms with van der Waals surface area (Å²) in [5, 5.41) is 19.3. The van der Waals surface area contributed by atoms with Crippen molar-refractivity contribution in [3.8, 4) is 0 Å². The van der Waals surface area contributed by atoms with E-state index in [1.807, 2.05) is 24.3 Å². The molecule has 4 aromatic rings. The lowest BCUT2D eigenvalue weighted by Crippen LogP contribution is -2.37. The van der Waals surface area contributed by atoms with Crippen molar-refractivity contribution in [1.82, 2.24) is 35.6 Å². The Bertz CT molecular complexity index is 1700. The Labute approximate surface area is 233 Å². The maximum absolute atomic E-state index is 13.4. The molecule has 2 aromatic heterocycles. The largest absolute Gasteiger partial charge is 0.478 e. The number of rotatable bonds is 8. The molecule has 0 bridgehead atoms. The zero-order valence-corrected chi connectivity index (χ0v) is 22.1. The lowest BCUT2D eigenvalue weighted by Gasteiger charge is -2.16. The summed E-state index contributed by atoms with van der Waals surface area (Å²) in [5.41, 5.74) is 12.4. The van der Waals surface area contributed by atoms with Crippen LogP contribution in [-0.4, -0.2) is 48.4 Å². The topological polar surface area (TPSA) is 215 Å². The number of hydrogen-bond donors (Lipinski definition) is 6. The van der Waals surface area contributed by atoms with Gasteiger partial charge in [0.2, 0.25) is 5.96 Å². The molecule has 41 heavy (non-hydrogen) atoms. The number of guanidine groups is 1. The summed E-state index contributed by atoms with van der Waals surface area (Å²) >= 11 is 0. The van der Waals surface area contributed by atoms with E-state index in [1.165, 1.54) is 16.9 Å². The van der Waals surface area contributed by atoms with Gasteiger partial charge in [-0.15, -0.1) is 0 Å². The van der Waals surface area contributed by atoms with Crippen LogP contribution in [0.15, 0.2) is 53.8 Å². The molecule has 2 amide bonds. The van der Waals surface area contributed by atoms with E-state index in [0.29, 0.717) is 24.9 Å². The van der Waals surface area contributed by atoms with Crippen LogP contribution in [0.5, 0.6) is 0 Å². The molecular formula is C27H28N10O4. The molecule has 1 atom stereocenters. The Kier molecular flexibility index (Phi) is 7.56. The van der Waals surface area contributed by atoms with Crippen LogP contribution in [0.25, 0.3) is 5.78 Å². The van der Waals surface area contributed by atoms with Gasteiger partial charge in [0.25, 0.3) is 17.6 Å². The molecule has 5 rings (SSSR count). The van der Waals surface area contributed by atoms with Crippen molar-refractivity contribution < 1.29 is 19.5 Å². The van der Waals surface area contributed by atoms with E-state index >= 15 is 0 Å². The third-order valence-electron chi connectivity index (χ3n) is 6.97. The fourth-order valence-corrected chi connectivity index (χ4v) is 4.92. The van der Waals surface area contributed by atoms with Crippen LogP contribution in [0.3, 0.4) is 0 Å². The van der Waals surface area contributed by atoms with Gasteiger partial charge in [-0.2, -0.15) is 14.6 Å². The molecule has 1 aliphatic rings. The molecule has 0 radical (unpaired) electrons. The quantitative estimate of drug-likeness (QED) is 0.0775. The SMILES string of the molecule is Cc1c(C(=O)O)ccc2c1CC[C@@H]2NC(=O)c1cc(C(=O)NCc2cccc(CN=C(N)NN)c2)nc2ncnn12. The number of aromatic nitrogens is 4. The molecule has 0 aliphatic heterocycles. The number of carbonyl (C=O) groups is 3. The monoisotopic (exact) mass is 556 g/mol. The Morgan fingerprint density at radius 1 is 1.15 bits per heavy atom. The normalized spacial score (nSPS) is 14.5. The Hall–Kier alpha value is -5.37. The Balaban J connectivity index is 1.32. The number of nitrogens with two attached hydrogens (primary N) is 2. The van der Waals surface area contributed by atoms with Gasteiger partial charge >= 0.3 is 5.97 Å². The van der Waals surface area contributed by atoms with E-state index in [9.17, 15) is 19.5 Å². The average molecular weight is 557 g/mol. The number of carboxylic acids is 1. The second-order valence-corrected chi connectivity index (χ2v) is 9.52. The van der Waals surface area contributed by atoms with Crippen molar-refractivity contribution in [2.24, 2.45) is 16.6 Å². The number of carboxylic acid groups (broad SMARTS) is 1. The first kappa shape index (κ1) is 27.2. The summed E-state index contributed by atoms with van der Waals surface area (Å²) in [6.45, 7) is 2.30. The lowest BCUT2D eigenvalue weighted by atomic mass is 9.98. The van der Waals surface area contributed by atoms with E-state index in [0.717, 1.165) is 22.3 Å². The zero-order valence-electron chi connectivity index (χ0n) is 22.1. The molecule has 210 valence electrons. The van der Waals surface area contributed by atoms with Crippen LogP contribution < -0.4 is 27.6 Å². The van der Waals surface area contributed by atoms with E-state index in [-0.39, 0.29) is 41.3 Å². The molecule has 0 spiro atoms. The molecule has 1 aliphatic carbocycles. The number of hydrogen-bond acceptors (Lipinski definition) is 8. The second-order valence-electron chi connectivity index (χ2n) is 9.52. The molecule has 14 heteroatoms. The second kappa shape index (κ2) is 11.4. The van der Waals surface area contributed by atoms with Crippen molar-refractivity contribution >= 4 is 29.5 Å². The van der Waals surface area contributed by atoms with E-state index in [2.05, 4.69) is 36.1 Å². The highest BCUT2D eigenvalue weighted by Gasteiger charge is 2.29. The lowest BCUT2D eigenvalue weighted by molar-refractivity contribution is 0.0695. The molecule has 0 fully saturated rings. The number of fused-ring (bicyclic) bond motifs is 2. The van der Waals surface area contributed by atoms with Crippen LogP contribution >= 0.6 is 0 Å². The Morgan fingerprint density at radius 3 is 2.73 bits per heavy atom. The van der Waals surface area contributed by atoms with Gasteiger partial charge in [-0.3, -0.25) is 15.0 Å². The minimum Gasteiger partial charge on any atom is -0.478 e. The van der Waals surface area contributed by atoms with Crippen molar-refractivity contribution in [3.63, 3.8) is 0 Å². The van der Waals surface area contributed by atoms with Crippen LogP contribution in [0.4, 0.5) is 0 Å². The minimum atomic E-state index is -0.985. The predicted molar refractivity (Wildman–Crippen MR) is 148 cm³/mol. The third-order valence-corrected chi connectivity index (χ3v) is 6.97. The summed E-state index contributed by atoms with van der Waals surface area (Å²) in [5.74, 6) is 3.49. The smallest absolute Gasteiger partial charge is 0.335 e. The van der Waals surface area contributed by atoms with Crippen LogP contribution in [0.1, 0.15) is 71.6 Å². The summed E-state index contributed by atoms with van der Waals surface area (Å²) in [6, 6.07) is 11.8. The van der Waals surface area contributed by atoms with Gasteiger partial charge < -0.3 is 21.5 Å². The highest BCUT2D eigenvalue weighted by atomic mass is 16.4. The van der Waals surface area contributed by atoms with Crippen LogP contribution in [0.2, 0.25) is 0 Å². The summed E-state index contributed by atoms with van der Waals surface area (Å²) in [4.78, 5) is 50.4. The van der Waals surface area contributed by atoms with Crippen molar-refractivity contribution in [2.75, 3.05) is 0 Å². The first-order chi connectivity index (χ1) is 19.7. The third kappa shape index (κ3) is 5.67. The maximum atomic E-state index is 13.4. The number of hydrazine groups is 1. The fourth-order valence-electron chi connectivity index (χ4n) is 4.92. The van der Waals surface area contributed by atoms with Crippen LogP contribution in [-0.2, 0) is 19.5 Å². The number of amides is 2. The number of aromatic carboxylic acids is 1. The first-order valence-electron chi connectivity index (χ1n) is 12.7. The van der Waals surface area contributed by atoms with Crippen molar-refractivity contribution in [1.29, 1.82) is 0 Å². The summed E-state index contributed by atoms with van der Waals surface area (Å²) in [7, 11) is 0.